The van der Waals surface area contributed by atoms with E-state index >= 15 is 0 Å². The standard InChI is InChI=1S/C18H18N2O5S/c1-11-9-26-16(19-11)12-5-4-6-13(7-12)20-10-25-8-14(17(21)23-2)15(20)18(22)24-3/h4-7,9H,8,10H2,1-3H3. The minimum atomic E-state index is -0.623. The van der Waals surface area contributed by atoms with Crippen LogP contribution in [0, 0.1) is 6.92 Å². The van der Waals surface area contributed by atoms with Gasteiger partial charge in [0.1, 0.15) is 17.4 Å². The lowest BCUT2D eigenvalue weighted by molar-refractivity contribution is -0.140. The molecule has 0 atom stereocenters. The van der Waals surface area contributed by atoms with E-state index in [2.05, 4.69) is 4.98 Å². The molecule has 136 valence electrons. The van der Waals surface area contributed by atoms with Crippen molar-refractivity contribution in [3.63, 3.8) is 0 Å². The van der Waals surface area contributed by atoms with E-state index in [0.717, 1.165) is 16.3 Å². The van der Waals surface area contributed by atoms with E-state index in [1.807, 2.05) is 36.6 Å². The van der Waals surface area contributed by atoms with Crippen LogP contribution >= 0.6 is 11.3 Å². The molecule has 0 saturated heterocycles. The van der Waals surface area contributed by atoms with Crippen LogP contribution < -0.4 is 4.90 Å². The number of carbonyl (C=O) groups excluding carboxylic acids is 2. The molecule has 0 fully saturated rings. The van der Waals surface area contributed by atoms with Crippen LogP contribution in [0.2, 0.25) is 0 Å². The van der Waals surface area contributed by atoms with Gasteiger partial charge in [0.25, 0.3) is 0 Å². The lowest BCUT2D eigenvalue weighted by Gasteiger charge is -2.31. The molecule has 0 N–H and O–H groups in total. The third-order valence-corrected chi connectivity index (χ3v) is 4.87. The Morgan fingerprint density at radius 2 is 2.00 bits per heavy atom. The lowest BCUT2D eigenvalue weighted by atomic mass is 10.1. The van der Waals surface area contributed by atoms with E-state index < -0.39 is 11.9 Å². The highest BCUT2D eigenvalue weighted by Crippen LogP contribution is 2.31. The SMILES string of the molecule is COC(=O)C1=C(C(=O)OC)N(c2cccc(-c3nc(C)cs3)c2)COC1. The fourth-order valence-corrected chi connectivity index (χ4v) is 3.44. The average Bonchev–Trinajstić information content (AvgIpc) is 3.12. The Bertz CT molecular complexity index is 874. The molecule has 0 aliphatic carbocycles. The third kappa shape index (κ3) is 3.47. The number of ether oxygens (including phenoxy) is 3. The Balaban J connectivity index is 2.06. The summed E-state index contributed by atoms with van der Waals surface area (Å²) in [6.07, 6.45) is 0. The summed E-state index contributed by atoms with van der Waals surface area (Å²) in [6, 6.07) is 7.53. The van der Waals surface area contributed by atoms with Crippen LogP contribution in [0.5, 0.6) is 0 Å². The number of aromatic nitrogens is 1. The molecule has 1 aliphatic rings. The van der Waals surface area contributed by atoms with Crippen molar-refractivity contribution >= 4 is 29.0 Å². The zero-order valence-corrected chi connectivity index (χ0v) is 15.5. The van der Waals surface area contributed by atoms with Gasteiger partial charge in [-0.25, -0.2) is 14.6 Å². The largest absolute Gasteiger partial charge is 0.466 e. The maximum Gasteiger partial charge on any atom is 0.355 e. The topological polar surface area (TPSA) is 78.0 Å². The lowest BCUT2D eigenvalue weighted by Crippen LogP contribution is -2.38. The van der Waals surface area contributed by atoms with Crippen LogP contribution in [0.15, 0.2) is 40.9 Å². The molecule has 2 heterocycles. The molecule has 2 aromatic rings. The van der Waals surface area contributed by atoms with Gasteiger partial charge in [0.15, 0.2) is 0 Å². The molecule has 0 bridgehead atoms. The number of hydrogen-bond donors (Lipinski definition) is 0. The molecule has 0 radical (unpaired) electrons. The number of hydrogen-bond acceptors (Lipinski definition) is 8. The molecule has 7 nitrogen and oxygen atoms in total. The summed E-state index contributed by atoms with van der Waals surface area (Å²) < 4.78 is 15.1. The second-order valence-electron chi connectivity index (χ2n) is 5.56. The van der Waals surface area contributed by atoms with Crippen LogP contribution in [0.3, 0.4) is 0 Å². The Morgan fingerprint density at radius 1 is 1.23 bits per heavy atom. The molecule has 0 spiro atoms. The summed E-state index contributed by atoms with van der Waals surface area (Å²) in [6.45, 7) is 2.04. The van der Waals surface area contributed by atoms with Gasteiger partial charge in [-0.2, -0.15) is 0 Å². The second-order valence-corrected chi connectivity index (χ2v) is 6.42. The molecule has 0 amide bonds. The highest BCUT2D eigenvalue weighted by Gasteiger charge is 2.32. The van der Waals surface area contributed by atoms with Crippen LogP contribution in [0.1, 0.15) is 5.69 Å². The number of aryl methyl sites for hydroxylation is 1. The summed E-state index contributed by atoms with van der Waals surface area (Å²) in [5.74, 6) is -1.24. The van der Waals surface area contributed by atoms with Crippen LogP contribution in [0.4, 0.5) is 5.69 Å². The average molecular weight is 374 g/mol. The number of methoxy groups -OCH3 is 2. The first kappa shape index (κ1) is 18.1. The number of carbonyl (C=O) groups is 2. The maximum atomic E-state index is 12.3. The molecular formula is C18H18N2O5S. The first-order chi connectivity index (χ1) is 12.5. The molecule has 0 saturated carbocycles. The van der Waals surface area contributed by atoms with E-state index in [-0.39, 0.29) is 24.6 Å². The maximum absolute atomic E-state index is 12.3. The fourth-order valence-electron chi connectivity index (χ4n) is 2.64. The minimum absolute atomic E-state index is 0.0149. The molecule has 0 unspecified atom stereocenters. The predicted octanol–water partition coefficient (Wildman–Crippen LogP) is 2.51. The zero-order valence-electron chi connectivity index (χ0n) is 14.6. The van der Waals surface area contributed by atoms with Crippen molar-refractivity contribution in [1.29, 1.82) is 0 Å². The molecule has 1 aromatic heterocycles. The van der Waals surface area contributed by atoms with Gasteiger partial charge < -0.3 is 19.1 Å². The van der Waals surface area contributed by atoms with E-state index in [0.29, 0.717) is 5.69 Å². The van der Waals surface area contributed by atoms with Gasteiger partial charge in [-0.3, -0.25) is 0 Å². The van der Waals surface area contributed by atoms with Crippen molar-refractivity contribution < 1.29 is 23.8 Å². The van der Waals surface area contributed by atoms with Gasteiger partial charge in [0.05, 0.1) is 26.4 Å². The van der Waals surface area contributed by atoms with Crippen LogP contribution in [-0.4, -0.2) is 44.5 Å². The first-order valence-corrected chi connectivity index (χ1v) is 8.70. The van der Waals surface area contributed by atoms with Crippen molar-refractivity contribution in [1.82, 2.24) is 4.98 Å². The number of benzene rings is 1. The van der Waals surface area contributed by atoms with Crippen molar-refractivity contribution in [3.05, 3.63) is 46.6 Å². The van der Waals surface area contributed by atoms with Gasteiger partial charge in [0, 0.05) is 22.3 Å². The molecule has 8 heteroatoms. The summed E-state index contributed by atoms with van der Waals surface area (Å²) in [5, 5.41) is 2.85. The minimum Gasteiger partial charge on any atom is -0.466 e. The summed E-state index contributed by atoms with van der Waals surface area (Å²) in [4.78, 5) is 30.5. The number of anilines is 1. The van der Waals surface area contributed by atoms with Gasteiger partial charge in [0.2, 0.25) is 0 Å². The van der Waals surface area contributed by atoms with Crippen molar-refractivity contribution in [2.75, 3.05) is 32.5 Å². The van der Waals surface area contributed by atoms with Crippen LogP contribution in [0.25, 0.3) is 10.6 Å². The van der Waals surface area contributed by atoms with E-state index in [4.69, 9.17) is 14.2 Å². The van der Waals surface area contributed by atoms with E-state index in [9.17, 15) is 9.59 Å². The number of nitrogens with zero attached hydrogens (tertiary/aromatic N) is 2. The third-order valence-electron chi connectivity index (χ3n) is 3.86. The molecule has 1 aromatic carbocycles. The van der Waals surface area contributed by atoms with E-state index in [1.54, 1.807) is 16.2 Å². The van der Waals surface area contributed by atoms with Gasteiger partial charge in [-0.05, 0) is 19.1 Å². The highest BCUT2D eigenvalue weighted by molar-refractivity contribution is 7.13. The molecule has 1 aliphatic heterocycles. The predicted molar refractivity (Wildman–Crippen MR) is 96.6 cm³/mol. The second kappa shape index (κ2) is 7.67. The normalized spacial score (nSPS) is 14.3. The quantitative estimate of drug-likeness (QED) is 0.761. The first-order valence-electron chi connectivity index (χ1n) is 7.82. The fraction of sp³-hybridized carbons (Fsp3) is 0.278. The van der Waals surface area contributed by atoms with Gasteiger partial charge >= 0.3 is 11.9 Å². The highest BCUT2D eigenvalue weighted by atomic mass is 32.1. The zero-order chi connectivity index (χ0) is 18.7. The van der Waals surface area contributed by atoms with Crippen molar-refractivity contribution in [3.8, 4) is 10.6 Å². The Morgan fingerprint density at radius 3 is 2.65 bits per heavy atom. The van der Waals surface area contributed by atoms with Crippen LogP contribution in [-0.2, 0) is 23.8 Å². The van der Waals surface area contributed by atoms with Gasteiger partial charge in [-0.1, -0.05) is 12.1 Å². The summed E-state index contributed by atoms with van der Waals surface area (Å²) in [7, 11) is 2.53. The number of thiazole rings is 1. The van der Waals surface area contributed by atoms with Crippen molar-refractivity contribution in [2.45, 2.75) is 6.92 Å². The smallest absolute Gasteiger partial charge is 0.355 e. The number of rotatable bonds is 4. The summed E-state index contributed by atoms with van der Waals surface area (Å²) in [5.41, 5.74) is 2.80. The molecule has 3 rings (SSSR count). The molecule has 26 heavy (non-hydrogen) atoms. The Hall–Kier alpha value is -2.71. The van der Waals surface area contributed by atoms with Gasteiger partial charge in [-0.15, -0.1) is 11.3 Å². The monoisotopic (exact) mass is 374 g/mol. The Kier molecular flexibility index (Phi) is 5.34. The molecular weight excluding hydrogens is 356 g/mol. The summed E-state index contributed by atoms with van der Waals surface area (Å²) >= 11 is 1.54. The van der Waals surface area contributed by atoms with E-state index in [1.165, 1.54) is 14.2 Å². The Labute approximate surface area is 154 Å². The number of esters is 2. The van der Waals surface area contributed by atoms with Crippen molar-refractivity contribution in [2.24, 2.45) is 0 Å².